The van der Waals surface area contributed by atoms with Crippen molar-refractivity contribution in [2.45, 2.75) is 39.7 Å². The van der Waals surface area contributed by atoms with Crippen LogP contribution in [-0.2, 0) is 16.0 Å². The lowest BCUT2D eigenvalue weighted by molar-refractivity contribution is -0.157. The van der Waals surface area contributed by atoms with Gasteiger partial charge in [-0.3, -0.25) is 4.79 Å². The standard InChI is InChI=1S/C13H21NO2S/c1-12(2,13(3,4)14)11(15)16-8-7-10-6-5-9-17-10/h5-6,9H,7-8,14H2,1-4H3. The molecule has 2 N–H and O–H groups in total. The van der Waals surface area contributed by atoms with Crippen LogP contribution in [0.2, 0.25) is 0 Å². The molecule has 0 atom stereocenters. The van der Waals surface area contributed by atoms with Gasteiger partial charge in [-0.15, -0.1) is 11.3 Å². The second kappa shape index (κ2) is 5.19. The fourth-order valence-corrected chi connectivity index (χ4v) is 1.83. The molecule has 0 aliphatic rings. The Morgan fingerprint density at radius 2 is 2.06 bits per heavy atom. The van der Waals surface area contributed by atoms with Crippen LogP contribution in [0.5, 0.6) is 0 Å². The molecule has 0 aromatic carbocycles. The van der Waals surface area contributed by atoms with Crippen molar-refractivity contribution < 1.29 is 9.53 Å². The molecule has 0 unspecified atom stereocenters. The first kappa shape index (κ1) is 14.2. The van der Waals surface area contributed by atoms with Crippen LogP contribution in [-0.4, -0.2) is 18.1 Å². The molecular weight excluding hydrogens is 234 g/mol. The van der Waals surface area contributed by atoms with Crippen molar-refractivity contribution in [3.63, 3.8) is 0 Å². The van der Waals surface area contributed by atoms with E-state index in [1.807, 2.05) is 45.2 Å². The average Bonchev–Trinajstić information content (AvgIpc) is 2.68. The Labute approximate surface area is 107 Å². The zero-order chi connectivity index (χ0) is 13.1. The zero-order valence-corrected chi connectivity index (χ0v) is 11.8. The topological polar surface area (TPSA) is 52.3 Å². The molecular formula is C13H21NO2S. The molecule has 1 heterocycles. The van der Waals surface area contributed by atoms with Gasteiger partial charge in [-0.05, 0) is 39.1 Å². The number of hydrogen-bond acceptors (Lipinski definition) is 4. The minimum absolute atomic E-state index is 0.235. The molecule has 3 nitrogen and oxygen atoms in total. The summed E-state index contributed by atoms with van der Waals surface area (Å²) in [5.41, 5.74) is 4.71. The largest absolute Gasteiger partial charge is 0.465 e. The Morgan fingerprint density at radius 3 is 2.53 bits per heavy atom. The van der Waals surface area contributed by atoms with Gasteiger partial charge in [-0.1, -0.05) is 6.07 Å². The molecule has 4 heteroatoms. The van der Waals surface area contributed by atoms with Gasteiger partial charge in [0, 0.05) is 16.8 Å². The first-order valence-corrected chi connectivity index (χ1v) is 6.61. The minimum atomic E-state index is -0.678. The predicted octanol–water partition coefficient (Wildman–Crippen LogP) is 2.60. The molecule has 1 rings (SSSR count). The van der Waals surface area contributed by atoms with Crippen molar-refractivity contribution in [3.05, 3.63) is 22.4 Å². The Morgan fingerprint density at radius 1 is 1.41 bits per heavy atom. The number of carbonyl (C=O) groups excluding carboxylic acids is 1. The molecule has 0 aliphatic heterocycles. The summed E-state index contributed by atoms with van der Waals surface area (Å²) in [7, 11) is 0. The Balaban J connectivity index is 2.45. The molecule has 0 fully saturated rings. The summed E-state index contributed by atoms with van der Waals surface area (Å²) in [6.45, 7) is 7.74. The Kier molecular flexibility index (Phi) is 4.33. The highest BCUT2D eigenvalue weighted by atomic mass is 32.1. The van der Waals surface area contributed by atoms with Gasteiger partial charge in [0.2, 0.25) is 0 Å². The number of esters is 1. The van der Waals surface area contributed by atoms with E-state index in [2.05, 4.69) is 0 Å². The third-order valence-electron chi connectivity index (χ3n) is 3.28. The maximum Gasteiger partial charge on any atom is 0.313 e. The summed E-state index contributed by atoms with van der Waals surface area (Å²) >= 11 is 1.67. The summed E-state index contributed by atoms with van der Waals surface area (Å²) in [4.78, 5) is 13.2. The van der Waals surface area contributed by atoms with Gasteiger partial charge in [-0.25, -0.2) is 0 Å². The van der Waals surface area contributed by atoms with Crippen molar-refractivity contribution in [1.82, 2.24) is 0 Å². The highest BCUT2D eigenvalue weighted by Gasteiger charge is 2.41. The Hall–Kier alpha value is -0.870. The van der Waals surface area contributed by atoms with Gasteiger partial charge in [0.25, 0.3) is 0 Å². The van der Waals surface area contributed by atoms with E-state index in [4.69, 9.17) is 10.5 Å². The molecule has 0 amide bonds. The quantitative estimate of drug-likeness (QED) is 0.823. The van der Waals surface area contributed by atoms with Gasteiger partial charge < -0.3 is 10.5 Å². The van der Waals surface area contributed by atoms with Gasteiger partial charge in [0.15, 0.2) is 0 Å². The van der Waals surface area contributed by atoms with E-state index in [0.717, 1.165) is 6.42 Å². The van der Waals surface area contributed by atoms with Crippen molar-refractivity contribution >= 4 is 17.3 Å². The van der Waals surface area contributed by atoms with Crippen molar-refractivity contribution in [2.24, 2.45) is 11.1 Å². The van der Waals surface area contributed by atoms with Crippen molar-refractivity contribution in [1.29, 1.82) is 0 Å². The van der Waals surface area contributed by atoms with Crippen LogP contribution in [0, 0.1) is 5.41 Å². The maximum atomic E-state index is 11.9. The smallest absolute Gasteiger partial charge is 0.313 e. The van der Waals surface area contributed by atoms with E-state index in [9.17, 15) is 4.79 Å². The third kappa shape index (κ3) is 3.54. The van der Waals surface area contributed by atoms with Crippen LogP contribution < -0.4 is 5.73 Å². The summed E-state index contributed by atoms with van der Waals surface area (Å²) < 4.78 is 5.29. The number of thiophene rings is 1. The van der Waals surface area contributed by atoms with Crippen molar-refractivity contribution in [2.75, 3.05) is 6.61 Å². The van der Waals surface area contributed by atoms with E-state index in [1.165, 1.54) is 4.88 Å². The number of nitrogens with two attached hydrogens (primary N) is 1. The first-order chi connectivity index (χ1) is 7.75. The predicted molar refractivity (Wildman–Crippen MR) is 71.0 cm³/mol. The summed E-state index contributed by atoms with van der Waals surface area (Å²) in [6.07, 6.45) is 0.768. The van der Waals surface area contributed by atoms with Gasteiger partial charge in [0.1, 0.15) is 0 Å². The number of carbonyl (C=O) groups is 1. The fraction of sp³-hybridized carbons (Fsp3) is 0.615. The van der Waals surface area contributed by atoms with E-state index < -0.39 is 11.0 Å². The molecule has 0 saturated heterocycles. The summed E-state index contributed by atoms with van der Waals surface area (Å²) in [5.74, 6) is -0.235. The second-order valence-electron chi connectivity index (χ2n) is 5.31. The molecule has 0 saturated carbocycles. The van der Waals surface area contributed by atoms with E-state index in [-0.39, 0.29) is 5.97 Å². The van der Waals surface area contributed by atoms with Crippen LogP contribution in [0.25, 0.3) is 0 Å². The zero-order valence-electron chi connectivity index (χ0n) is 10.9. The fourth-order valence-electron chi connectivity index (χ4n) is 1.14. The molecule has 0 radical (unpaired) electrons. The highest BCUT2D eigenvalue weighted by Crippen LogP contribution is 2.29. The Bertz CT molecular complexity index is 363. The lowest BCUT2D eigenvalue weighted by atomic mass is 9.75. The molecule has 96 valence electrons. The van der Waals surface area contributed by atoms with Gasteiger partial charge >= 0.3 is 5.97 Å². The molecule has 1 aromatic rings. The summed E-state index contributed by atoms with van der Waals surface area (Å²) in [6, 6.07) is 4.03. The van der Waals surface area contributed by atoms with Crippen LogP contribution >= 0.6 is 11.3 Å². The van der Waals surface area contributed by atoms with E-state index in [1.54, 1.807) is 11.3 Å². The first-order valence-electron chi connectivity index (χ1n) is 5.73. The van der Waals surface area contributed by atoms with Crippen LogP contribution in [0.1, 0.15) is 32.6 Å². The lowest BCUT2D eigenvalue weighted by Crippen LogP contribution is -2.52. The molecule has 17 heavy (non-hydrogen) atoms. The van der Waals surface area contributed by atoms with E-state index >= 15 is 0 Å². The van der Waals surface area contributed by atoms with Crippen LogP contribution in [0.4, 0.5) is 0 Å². The lowest BCUT2D eigenvalue weighted by Gasteiger charge is -2.35. The molecule has 0 aliphatic carbocycles. The number of hydrogen-bond donors (Lipinski definition) is 1. The van der Waals surface area contributed by atoms with E-state index in [0.29, 0.717) is 6.61 Å². The van der Waals surface area contributed by atoms with Crippen LogP contribution in [0.15, 0.2) is 17.5 Å². The van der Waals surface area contributed by atoms with Gasteiger partial charge in [-0.2, -0.15) is 0 Å². The second-order valence-corrected chi connectivity index (χ2v) is 6.34. The number of ether oxygens (including phenoxy) is 1. The molecule has 1 aromatic heterocycles. The van der Waals surface area contributed by atoms with Crippen molar-refractivity contribution in [3.8, 4) is 0 Å². The monoisotopic (exact) mass is 255 g/mol. The maximum absolute atomic E-state index is 11.9. The highest BCUT2D eigenvalue weighted by molar-refractivity contribution is 7.09. The number of rotatable bonds is 5. The summed E-state index contributed by atoms with van der Waals surface area (Å²) in [5, 5.41) is 2.02. The third-order valence-corrected chi connectivity index (χ3v) is 4.22. The SMILES string of the molecule is CC(C)(N)C(C)(C)C(=O)OCCc1cccs1. The van der Waals surface area contributed by atoms with Crippen LogP contribution in [0.3, 0.4) is 0 Å². The normalized spacial score (nSPS) is 12.5. The minimum Gasteiger partial charge on any atom is -0.465 e. The van der Waals surface area contributed by atoms with Gasteiger partial charge in [0.05, 0.1) is 12.0 Å². The average molecular weight is 255 g/mol. The molecule has 0 bridgehead atoms. The molecule has 0 spiro atoms.